The van der Waals surface area contributed by atoms with Crippen molar-refractivity contribution in [2.45, 2.75) is 13.3 Å². The van der Waals surface area contributed by atoms with Crippen molar-refractivity contribution in [3.05, 3.63) is 60.4 Å². The van der Waals surface area contributed by atoms with Crippen molar-refractivity contribution in [1.82, 2.24) is 4.98 Å². The van der Waals surface area contributed by atoms with Gasteiger partial charge in [0.2, 0.25) is 5.91 Å². The maximum absolute atomic E-state index is 12.8. The third-order valence-electron chi connectivity index (χ3n) is 5.35. The highest BCUT2D eigenvalue weighted by Gasteiger charge is 2.51. The lowest BCUT2D eigenvalue weighted by Gasteiger charge is -2.24. The number of fused-ring (bicyclic) bond motifs is 2. The number of ether oxygens (including phenoxy) is 1. The van der Waals surface area contributed by atoms with Gasteiger partial charge in [-0.05, 0) is 61.1 Å². The standard InChI is InChI=1S/C21H20N2O4/c1-12-9-15(6-7-17(12)27-16-3-2-8-22-11-16)23-20(24)18-13-4-5-14(10-13)19(18)21(25)26/h2-9,11,13-14,18-19H,10H2,1H3,(H,23,24)(H,25,26)/t13-,14-,18-,19+/m0/s1. The highest BCUT2D eigenvalue weighted by molar-refractivity contribution is 5.96. The molecule has 0 unspecified atom stereocenters. The van der Waals surface area contributed by atoms with Crippen molar-refractivity contribution in [2.75, 3.05) is 5.32 Å². The van der Waals surface area contributed by atoms with Crippen molar-refractivity contribution in [2.24, 2.45) is 23.7 Å². The molecule has 2 aliphatic carbocycles. The summed E-state index contributed by atoms with van der Waals surface area (Å²) in [6.45, 7) is 1.89. The van der Waals surface area contributed by atoms with Gasteiger partial charge in [-0.25, -0.2) is 0 Å². The van der Waals surface area contributed by atoms with E-state index >= 15 is 0 Å². The number of pyridine rings is 1. The van der Waals surface area contributed by atoms with Gasteiger partial charge in [0.15, 0.2) is 0 Å². The molecule has 2 aliphatic rings. The van der Waals surface area contributed by atoms with Crippen LogP contribution in [-0.4, -0.2) is 22.0 Å². The second-order valence-corrected chi connectivity index (χ2v) is 7.10. The number of anilines is 1. The van der Waals surface area contributed by atoms with Crippen LogP contribution in [0.1, 0.15) is 12.0 Å². The van der Waals surface area contributed by atoms with E-state index in [4.69, 9.17) is 4.74 Å². The van der Waals surface area contributed by atoms with E-state index in [1.54, 1.807) is 30.6 Å². The largest absolute Gasteiger partial charge is 0.481 e. The summed E-state index contributed by atoms with van der Waals surface area (Å²) in [5.41, 5.74) is 1.49. The number of carbonyl (C=O) groups excluding carboxylic acids is 1. The first-order valence-corrected chi connectivity index (χ1v) is 8.93. The van der Waals surface area contributed by atoms with Crippen LogP contribution >= 0.6 is 0 Å². The van der Waals surface area contributed by atoms with Crippen LogP contribution in [0.5, 0.6) is 11.5 Å². The molecule has 4 atom stereocenters. The number of nitrogens with zero attached hydrogens (tertiary/aromatic N) is 1. The van der Waals surface area contributed by atoms with Crippen LogP contribution in [0.2, 0.25) is 0 Å². The number of hydrogen-bond acceptors (Lipinski definition) is 4. The summed E-state index contributed by atoms with van der Waals surface area (Å²) in [5, 5.41) is 12.4. The van der Waals surface area contributed by atoms with Crippen LogP contribution < -0.4 is 10.1 Å². The van der Waals surface area contributed by atoms with Gasteiger partial charge in [0, 0.05) is 11.9 Å². The zero-order valence-corrected chi connectivity index (χ0v) is 14.8. The molecule has 0 spiro atoms. The number of aryl methyl sites for hydroxylation is 1. The number of carboxylic acids is 1. The molecule has 1 heterocycles. The Hall–Kier alpha value is -3.15. The molecule has 0 radical (unpaired) electrons. The Kier molecular flexibility index (Phi) is 4.39. The first-order chi connectivity index (χ1) is 13.0. The van der Waals surface area contributed by atoms with Crippen LogP contribution in [0.3, 0.4) is 0 Å². The van der Waals surface area contributed by atoms with Gasteiger partial charge in [0.1, 0.15) is 11.5 Å². The minimum atomic E-state index is -0.900. The Morgan fingerprint density at radius 2 is 1.96 bits per heavy atom. The fourth-order valence-electron chi connectivity index (χ4n) is 4.12. The maximum atomic E-state index is 12.8. The molecular weight excluding hydrogens is 344 g/mol. The molecule has 1 aromatic carbocycles. The van der Waals surface area contributed by atoms with E-state index in [1.165, 1.54) is 0 Å². The Bertz CT molecular complexity index is 910. The van der Waals surface area contributed by atoms with E-state index < -0.39 is 17.8 Å². The van der Waals surface area contributed by atoms with Crippen LogP contribution in [0, 0.1) is 30.6 Å². The van der Waals surface area contributed by atoms with E-state index in [0.717, 1.165) is 12.0 Å². The fraction of sp³-hybridized carbons (Fsp3) is 0.286. The van der Waals surface area contributed by atoms with Gasteiger partial charge in [0.25, 0.3) is 0 Å². The molecule has 0 saturated heterocycles. The third kappa shape index (κ3) is 3.30. The first kappa shape index (κ1) is 17.3. The highest BCUT2D eigenvalue weighted by Crippen LogP contribution is 2.48. The predicted octanol–water partition coefficient (Wildman–Crippen LogP) is 3.64. The molecule has 0 aliphatic heterocycles. The number of rotatable bonds is 5. The maximum Gasteiger partial charge on any atom is 0.307 e. The number of amides is 1. The lowest BCUT2D eigenvalue weighted by Crippen LogP contribution is -2.36. The number of benzene rings is 1. The molecule has 6 nitrogen and oxygen atoms in total. The number of carboxylic acid groups (broad SMARTS) is 1. The second-order valence-electron chi connectivity index (χ2n) is 7.10. The Morgan fingerprint density at radius 1 is 1.19 bits per heavy atom. The highest BCUT2D eigenvalue weighted by atomic mass is 16.5. The monoisotopic (exact) mass is 364 g/mol. The van der Waals surface area contributed by atoms with Crippen molar-refractivity contribution in [3.63, 3.8) is 0 Å². The van der Waals surface area contributed by atoms with Gasteiger partial charge in [-0.3, -0.25) is 14.6 Å². The van der Waals surface area contributed by atoms with Crippen LogP contribution in [0.25, 0.3) is 0 Å². The Labute approximate surface area is 156 Å². The zero-order valence-electron chi connectivity index (χ0n) is 14.8. The molecule has 2 aromatic rings. The number of aliphatic carboxylic acids is 1. The van der Waals surface area contributed by atoms with Gasteiger partial charge >= 0.3 is 5.97 Å². The lowest BCUT2D eigenvalue weighted by atomic mass is 9.82. The summed E-state index contributed by atoms with van der Waals surface area (Å²) in [6.07, 6.45) is 7.95. The minimum Gasteiger partial charge on any atom is -0.481 e. The number of allylic oxidation sites excluding steroid dienone is 2. The minimum absolute atomic E-state index is 0.00499. The zero-order chi connectivity index (χ0) is 19.0. The molecule has 138 valence electrons. The van der Waals surface area contributed by atoms with Gasteiger partial charge in [-0.15, -0.1) is 0 Å². The molecule has 1 aromatic heterocycles. The summed E-state index contributed by atoms with van der Waals surface area (Å²) in [7, 11) is 0. The Morgan fingerprint density at radius 3 is 2.63 bits per heavy atom. The summed E-state index contributed by atoms with van der Waals surface area (Å²) in [5.74, 6) is -1.03. The summed E-state index contributed by atoms with van der Waals surface area (Å²) in [4.78, 5) is 28.4. The number of carbonyl (C=O) groups is 2. The first-order valence-electron chi connectivity index (χ1n) is 8.93. The van der Waals surface area contributed by atoms with Gasteiger partial charge < -0.3 is 15.2 Å². The third-order valence-corrected chi connectivity index (χ3v) is 5.35. The Balaban J connectivity index is 1.48. The van der Waals surface area contributed by atoms with E-state index in [-0.39, 0.29) is 17.7 Å². The van der Waals surface area contributed by atoms with Gasteiger partial charge in [0.05, 0.1) is 18.0 Å². The average Bonchev–Trinajstić information content (AvgIpc) is 3.26. The van der Waals surface area contributed by atoms with Crippen LogP contribution in [-0.2, 0) is 9.59 Å². The molecule has 1 amide bonds. The summed E-state index contributed by atoms with van der Waals surface area (Å²) in [6, 6.07) is 8.98. The molecule has 2 N–H and O–H groups in total. The fourth-order valence-corrected chi connectivity index (χ4v) is 4.12. The van der Waals surface area contributed by atoms with E-state index in [1.807, 2.05) is 31.2 Å². The number of aromatic nitrogens is 1. The SMILES string of the molecule is Cc1cc(NC(=O)[C@@H]2[C@H](C(=O)O)[C@H]3C=C[C@H]2C3)ccc1Oc1cccnc1. The smallest absolute Gasteiger partial charge is 0.307 e. The molecule has 27 heavy (non-hydrogen) atoms. The molecule has 4 rings (SSSR count). The van der Waals surface area contributed by atoms with E-state index in [0.29, 0.717) is 17.2 Å². The van der Waals surface area contributed by atoms with E-state index in [2.05, 4.69) is 10.3 Å². The average molecular weight is 364 g/mol. The van der Waals surface area contributed by atoms with Crippen molar-refractivity contribution in [3.8, 4) is 11.5 Å². The lowest BCUT2D eigenvalue weighted by molar-refractivity contribution is -0.146. The molecule has 2 bridgehead atoms. The summed E-state index contributed by atoms with van der Waals surface area (Å²) >= 11 is 0. The van der Waals surface area contributed by atoms with Gasteiger partial charge in [-0.2, -0.15) is 0 Å². The normalized spacial score (nSPS) is 25.4. The number of nitrogens with one attached hydrogen (secondary N) is 1. The summed E-state index contributed by atoms with van der Waals surface area (Å²) < 4.78 is 5.80. The van der Waals surface area contributed by atoms with Gasteiger partial charge in [-0.1, -0.05) is 12.2 Å². The molecule has 6 heteroatoms. The van der Waals surface area contributed by atoms with E-state index in [9.17, 15) is 14.7 Å². The van der Waals surface area contributed by atoms with Crippen molar-refractivity contribution in [1.29, 1.82) is 0 Å². The van der Waals surface area contributed by atoms with Crippen LogP contribution in [0.4, 0.5) is 5.69 Å². The quantitative estimate of drug-likeness (QED) is 0.791. The van der Waals surface area contributed by atoms with Crippen molar-refractivity contribution < 1.29 is 19.4 Å². The molecule has 1 saturated carbocycles. The van der Waals surface area contributed by atoms with Crippen molar-refractivity contribution >= 4 is 17.6 Å². The second kappa shape index (κ2) is 6.87. The molecule has 1 fully saturated rings. The van der Waals surface area contributed by atoms with Crippen LogP contribution in [0.15, 0.2) is 54.9 Å². The predicted molar refractivity (Wildman–Crippen MR) is 99.5 cm³/mol. The number of hydrogen-bond donors (Lipinski definition) is 2. The topological polar surface area (TPSA) is 88.5 Å². The molecular formula is C21H20N2O4.